The number of aromatic nitrogens is 4. The molecule has 0 aliphatic heterocycles. The molecule has 2 N–H and O–H groups in total. The first-order chi connectivity index (χ1) is 19.1. The van der Waals surface area contributed by atoms with Crippen molar-refractivity contribution in [3.63, 3.8) is 0 Å². The first kappa shape index (κ1) is 25.0. The van der Waals surface area contributed by atoms with Gasteiger partial charge in [0.15, 0.2) is 0 Å². The molecule has 4 aromatic carbocycles. The second-order valence-electron chi connectivity index (χ2n) is 9.28. The summed E-state index contributed by atoms with van der Waals surface area (Å²) >= 11 is 12.2. The Morgan fingerprint density at radius 2 is 0.974 bits per heavy atom. The summed E-state index contributed by atoms with van der Waals surface area (Å²) in [5, 5.41) is 10.2. The van der Waals surface area contributed by atoms with Gasteiger partial charge in [-0.1, -0.05) is 65.7 Å². The molecule has 0 spiro atoms. The molecule has 6 nitrogen and oxygen atoms in total. The van der Waals surface area contributed by atoms with Gasteiger partial charge in [-0.05, 0) is 71.1 Å². The number of benzene rings is 4. The molecular weight excluding hydrogens is 527 g/mol. The Hall–Kier alpha value is -4.26. The minimum Gasteiger partial charge on any atom is -0.365 e. The lowest BCUT2D eigenvalue weighted by Gasteiger charge is -2.11. The molecule has 0 atom stereocenters. The molecule has 192 valence electrons. The van der Waals surface area contributed by atoms with Crippen LogP contribution in [0.5, 0.6) is 0 Å². The molecule has 6 rings (SSSR count). The number of hydrogen-bond acceptors (Lipinski definition) is 6. The summed E-state index contributed by atoms with van der Waals surface area (Å²) < 4.78 is 0. The molecule has 0 aliphatic carbocycles. The molecule has 0 saturated carbocycles. The Labute approximate surface area is 236 Å². The summed E-state index contributed by atoms with van der Waals surface area (Å²) in [6.45, 7) is 1.30. The standard InChI is InChI=1S/C31H24Cl2N6/c32-24-8-5-22(6-9-24)17-34-30-26-14-23(7-11-28(26)36-18-38-30)13-20-1-3-21(4-2-20)16-35-31-27-15-25(33)10-12-29(27)37-19-39-31/h1-12,14-15,18-19H,13,16-17H2,(H,34,36,38)(H,35,37,39). The predicted molar refractivity (Wildman–Crippen MR) is 159 cm³/mol. The van der Waals surface area contributed by atoms with Gasteiger partial charge < -0.3 is 10.6 Å². The number of hydrogen-bond donors (Lipinski definition) is 2. The summed E-state index contributed by atoms with van der Waals surface area (Å²) in [5.74, 6) is 1.59. The lowest BCUT2D eigenvalue weighted by molar-refractivity contribution is 1.09. The van der Waals surface area contributed by atoms with Crippen molar-refractivity contribution in [1.29, 1.82) is 0 Å². The normalized spacial score (nSPS) is 11.1. The van der Waals surface area contributed by atoms with Crippen LogP contribution in [0.25, 0.3) is 21.8 Å². The maximum Gasteiger partial charge on any atom is 0.137 e. The average molecular weight is 551 g/mol. The maximum absolute atomic E-state index is 6.18. The highest BCUT2D eigenvalue weighted by Crippen LogP contribution is 2.25. The van der Waals surface area contributed by atoms with Crippen molar-refractivity contribution in [2.24, 2.45) is 0 Å². The zero-order valence-electron chi connectivity index (χ0n) is 20.9. The summed E-state index contributed by atoms with van der Waals surface area (Å²) in [4.78, 5) is 17.7. The van der Waals surface area contributed by atoms with E-state index in [4.69, 9.17) is 23.2 Å². The highest BCUT2D eigenvalue weighted by molar-refractivity contribution is 6.31. The van der Waals surface area contributed by atoms with Crippen LogP contribution in [0, 0.1) is 0 Å². The monoisotopic (exact) mass is 550 g/mol. The second kappa shape index (κ2) is 11.2. The summed E-state index contributed by atoms with van der Waals surface area (Å²) in [6.07, 6.45) is 3.97. The van der Waals surface area contributed by atoms with Gasteiger partial charge in [-0.15, -0.1) is 0 Å². The van der Waals surface area contributed by atoms with Crippen molar-refractivity contribution < 1.29 is 0 Å². The summed E-state index contributed by atoms with van der Waals surface area (Å²) in [7, 11) is 0. The lowest BCUT2D eigenvalue weighted by atomic mass is 10.0. The largest absolute Gasteiger partial charge is 0.365 e. The van der Waals surface area contributed by atoms with Crippen molar-refractivity contribution in [2.45, 2.75) is 19.5 Å². The SMILES string of the molecule is Clc1ccc(CNc2ncnc3ccc(Cc4ccc(CNc5ncnc6ccc(Cl)cc56)cc4)cc23)cc1. The Balaban J connectivity index is 1.14. The predicted octanol–water partition coefficient (Wildman–Crippen LogP) is 7.69. The van der Waals surface area contributed by atoms with Crippen LogP contribution < -0.4 is 10.6 Å². The van der Waals surface area contributed by atoms with E-state index in [1.807, 2.05) is 42.5 Å². The highest BCUT2D eigenvalue weighted by atomic mass is 35.5. The first-order valence-corrected chi connectivity index (χ1v) is 13.3. The molecule has 8 heteroatoms. The minimum absolute atomic E-state index is 0.648. The molecule has 0 unspecified atom stereocenters. The number of halogens is 2. The molecule has 0 fully saturated rings. The average Bonchev–Trinajstić information content (AvgIpc) is 2.96. The van der Waals surface area contributed by atoms with Crippen LogP contribution in [-0.2, 0) is 19.5 Å². The van der Waals surface area contributed by atoms with Gasteiger partial charge in [-0.2, -0.15) is 0 Å². The molecule has 6 aromatic rings. The van der Waals surface area contributed by atoms with Crippen molar-refractivity contribution in [3.05, 3.63) is 130 Å². The fourth-order valence-corrected chi connectivity index (χ4v) is 4.81. The summed E-state index contributed by atoms with van der Waals surface area (Å²) in [6, 6.07) is 28.4. The van der Waals surface area contributed by atoms with E-state index in [0.29, 0.717) is 18.1 Å². The number of nitrogens with zero attached hydrogens (tertiary/aromatic N) is 4. The Kier molecular flexibility index (Phi) is 7.21. The molecule has 0 radical (unpaired) electrons. The van der Waals surface area contributed by atoms with Crippen molar-refractivity contribution in [3.8, 4) is 0 Å². The molecule has 0 saturated heterocycles. The highest BCUT2D eigenvalue weighted by Gasteiger charge is 2.08. The molecule has 0 aliphatic rings. The zero-order chi connectivity index (χ0) is 26.6. The molecule has 39 heavy (non-hydrogen) atoms. The van der Waals surface area contributed by atoms with Gasteiger partial charge >= 0.3 is 0 Å². The van der Waals surface area contributed by atoms with E-state index < -0.39 is 0 Å². The van der Waals surface area contributed by atoms with Gasteiger partial charge in [0, 0.05) is 33.9 Å². The minimum atomic E-state index is 0.648. The molecule has 0 amide bonds. The molecule has 0 bridgehead atoms. The third-order valence-electron chi connectivity index (χ3n) is 6.56. The van der Waals surface area contributed by atoms with Crippen LogP contribution in [-0.4, -0.2) is 19.9 Å². The van der Waals surface area contributed by atoms with Crippen LogP contribution in [0.2, 0.25) is 10.0 Å². The van der Waals surface area contributed by atoms with E-state index in [9.17, 15) is 0 Å². The van der Waals surface area contributed by atoms with Gasteiger partial charge in [0.05, 0.1) is 11.0 Å². The number of nitrogens with one attached hydrogen (secondary N) is 2. The van der Waals surface area contributed by atoms with Crippen LogP contribution in [0.1, 0.15) is 22.3 Å². The Morgan fingerprint density at radius 1 is 0.487 bits per heavy atom. The molecular formula is C31H24Cl2N6. The Morgan fingerprint density at radius 3 is 1.62 bits per heavy atom. The van der Waals surface area contributed by atoms with Crippen molar-refractivity contribution in [2.75, 3.05) is 10.6 Å². The summed E-state index contributed by atoms with van der Waals surface area (Å²) in [5.41, 5.74) is 6.48. The van der Waals surface area contributed by atoms with E-state index in [2.05, 4.69) is 73.0 Å². The second-order valence-corrected chi connectivity index (χ2v) is 10.2. The number of anilines is 2. The van der Waals surface area contributed by atoms with Crippen LogP contribution in [0.4, 0.5) is 11.6 Å². The van der Waals surface area contributed by atoms with Crippen molar-refractivity contribution >= 4 is 56.6 Å². The van der Waals surface area contributed by atoms with E-state index in [0.717, 1.165) is 56.0 Å². The first-order valence-electron chi connectivity index (χ1n) is 12.5. The molecule has 2 aromatic heterocycles. The van der Waals surface area contributed by atoms with Gasteiger partial charge in [0.1, 0.15) is 24.3 Å². The number of fused-ring (bicyclic) bond motifs is 2. The Bertz CT molecular complexity index is 1750. The van der Waals surface area contributed by atoms with E-state index >= 15 is 0 Å². The van der Waals surface area contributed by atoms with Crippen LogP contribution in [0.3, 0.4) is 0 Å². The van der Waals surface area contributed by atoms with Gasteiger partial charge in [-0.25, -0.2) is 19.9 Å². The quantitative estimate of drug-likeness (QED) is 0.202. The van der Waals surface area contributed by atoms with Crippen LogP contribution >= 0.6 is 23.2 Å². The topological polar surface area (TPSA) is 75.6 Å². The molecule has 2 heterocycles. The number of rotatable bonds is 8. The third-order valence-corrected chi connectivity index (χ3v) is 7.05. The van der Waals surface area contributed by atoms with Gasteiger partial charge in [0.25, 0.3) is 0 Å². The third kappa shape index (κ3) is 5.93. The van der Waals surface area contributed by atoms with E-state index in [1.165, 1.54) is 11.1 Å². The fraction of sp³-hybridized carbons (Fsp3) is 0.0968. The van der Waals surface area contributed by atoms with Gasteiger partial charge in [0.2, 0.25) is 0 Å². The smallest absolute Gasteiger partial charge is 0.137 e. The lowest BCUT2D eigenvalue weighted by Crippen LogP contribution is -2.03. The maximum atomic E-state index is 6.18. The zero-order valence-corrected chi connectivity index (χ0v) is 22.4. The van der Waals surface area contributed by atoms with Crippen molar-refractivity contribution in [1.82, 2.24) is 19.9 Å². The van der Waals surface area contributed by atoms with Crippen LogP contribution in [0.15, 0.2) is 97.6 Å². The fourth-order valence-electron chi connectivity index (χ4n) is 4.51. The van der Waals surface area contributed by atoms with E-state index in [-0.39, 0.29) is 0 Å². The van der Waals surface area contributed by atoms with E-state index in [1.54, 1.807) is 12.7 Å². The van der Waals surface area contributed by atoms with Gasteiger partial charge in [-0.3, -0.25) is 0 Å².